The Hall–Kier alpha value is -2.65. The first-order chi connectivity index (χ1) is 15.3. The van der Waals surface area contributed by atoms with Gasteiger partial charge in [0.1, 0.15) is 0 Å². The van der Waals surface area contributed by atoms with E-state index in [9.17, 15) is 9.59 Å². The molecule has 0 saturated heterocycles. The largest absolute Gasteiger partial charge is 0.345 e. The Morgan fingerprint density at radius 2 is 1.81 bits per heavy atom. The summed E-state index contributed by atoms with van der Waals surface area (Å²) in [5, 5.41) is 14.9. The summed E-state index contributed by atoms with van der Waals surface area (Å²) < 4.78 is 2.92. The fraction of sp³-hybridized carbons (Fsp3) is 0.304. The van der Waals surface area contributed by atoms with Crippen molar-refractivity contribution in [1.82, 2.24) is 20.1 Å². The van der Waals surface area contributed by atoms with Gasteiger partial charge in [0.25, 0.3) is 5.91 Å². The van der Waals surface area contributed by atoms with Gasteiger partial charge in [0, 0.05) is 22.3 Å². The van der Waals surface area contributed by atoms with Crippen LogP contribution in [0, 0.1) is 20.8 Å². The maximum Gasteiger partial charge on any atom is 0.251 e. The normalized spacial score (nSPS) is 10.8. The summed E-state index contributed by atoms with van der Waals surface area (Å²) in [4.78, 5) is 25.0. The molecule has 0 aliphatic heterocycles. The molecule has 0 aliphatic rings. The number of aromatic nitrogens is 3. The molecular weight excluding hydrogens is 490 g/mol. The van der Waals surface area contributed by atoms with E-state index in [4.69, 9.17) is 0 Å². The van der Waals surface area contributed by atoms with Gasteiger partial charge in [-0.15, -0.1) is 10.2 Å². The van der Waals surface area contributed by atoms with E-state index < -0.39 is 0 Å². The van der Waals surface area contributed by atoms with Crippen LogP contribution in [0.1, 0.15) is 39.8 Å². The average Bonchev–Trinajstić information content (AvgIpc) is 3.18. The average molecular weight is 516 g/mol. The van der Waals surface area contributed by atoms with Gasteiger partial charge in [0.15, 0.2) is 11.0 Å². The number of halogens is 1. The first-order valence-corrected chi connectivity index (χ1v) is 12.0. The summed E-state index contributed by atoms with van der Waals surface area (Å²) in [6.45, 7) is 8.77. The Kier molecular flexibility index (Phi) is 8.09. The highest BCUT2D eigenvalue weighted by Crippen LogP contribution is 2.26. The fourth-order valence-electron chi connectivity index (χ4n) is 3.20. The smallest absolute Gasteiger partial charge is 0.251 e. The van der Waals surface area contributed by atoms with Crippen LogP contribution in [-0.2, 0) is 17.9 Å². The molecule has 2 aromatic carbocycles. The lowest BCUT2D eigenvalue weighted by Gasteiger charge is -2.12. The zero-order chi connectivity index (χ0) is 23.3. The molecule has 1 aromatic heterocycles. The van der Waals surface area contributed by atoms with Crippen LogP contribution in [0.25, 0.3) is 0 Å². The molecule has 2 amide bonds. The number of hydrogen-bond acceptors (Lipinski definition) is 5. The molecule has 0 aliphatic carbocycles. The lowest BCUT2D eigenvalue weighted by Crippen LogP contribution is -2.25. The molecule has 0 bridgehead atoms. The van der Waals surface area contributed by atoms with Crippen LogP contribution >= 0.6 is 27.7 Å². The third-order valence-electron chi connectivity index (χ3n) is 5.23. The van der Waals surface area contributed by atoms with Gasteiger partial charge in [-0.05, 0) is 62.6 Å². The molecule has 3 rings (SSSR count). The van der Waals surface area contributed by atoms with E-state index in [0.29, 0.717) is 23.1 Å². The van der Waals surface area contributed by atoms with Gasteiger partial charge in [-0.3, -0.25) is 9.59 Å². The number of nitrogens with one attached hydrogen (secondary N) is 2. The van der Waals surface area contributed by atoms with Crippen molar-refractivity contribution in [3.8, 4) is 0 Å². The third-order valence-corrected chi connectivity index (χ3v) is 7.06. The standard InChI is InChI=1S/C23H26BrN5O2S/c1-5-29-20(12-25-22(31)17-9-7-6-8-14(17)2)27-28-23(29)32-13-21(30)26-19-11-10-18(24)15(3)16(19)4/h6-11H,5,12-13H2,1-4H3,(H,25,31)(H,26,30). The van der Waals surface area contributed by atoms with E-state index in [1.54, 1.807) is 6.07 Å². The van der Waals surface area contributed by atoms with Gasteiger partial charge >= 0.3 is 0 Å². The first-order valence-electron chi connectivity index (χ1n) is 10.3. The summed E-state index contributed by atoms with van der Waals surface area (Å²) in [6.07, 6.45) is 0. The van der Waals surface area contributed by atoms with E-state index in [1.807, 2.05) is 62.6 Å². The van der Waals surface area contributed by atoms with Crippen molar-refractivity contribution >= 4 is 45.2 Å². The van der Waals surface area contributed by atoms with E-state index in [-0.39, 0.29) is 24.1 Å². The number of rotatable bonds is 8. The predicted molar refractivity (Wildman–Crippen MR) is 131 cm³/mol. The Labute approximate surface area is 200 Å². The molecule has 0 saturated carbocycles. The minimum atomic E-state index is -0.150. The van der Waals surface area contributed by atoms with Crippen molar-refractivity contribution in [3.63, 3.8) is 0 Å². The molecule has 32 heavy (non-hydrogen) atoms. The highest BCUT2D eigenvalue weighted by Gasteiger charge is 2.16. The molecule has 3 aromatic rings. The van der Waals surface area contributed by atoms with Gasteiger partial charge in [-0.2, -0.15) is 0 Å². The minimum Gasteiger partial charge on any atom is -0.345 e. The minimum absolute atomic E-state index is 0.111. The molecular formula is C23H26BrN5O2S. The number of nitrogens with zero attached hydrogens (tertiary/aromatic N) is 3. The molecule has 0 spiro atoms. The number of hydrogen-bond donors (Lipinski definition) is 2. The number of anilines is 1. The zero-order valence-electron chi connectivity index (χ0n) is 18.5. The molecule has 0 unspecified atom stereocenters. The van der Waals surface area contributed by atoms with Gasteiger partial charge in [-0.1, -0.05) is 45.9 Å². The summed E-state index contributed by atoms with van der Waals surface area (Å²) in [6, 6.07) is 11.3. The fourth-order valence-corrected chi connectivity index (χ4v) is 4.45. The highest BCUT2D eigenvalue weighted by atomic mass is 79.9. The van der Waals surface area contributed by atoms with Gasteiger partial charge in [-0.25, -0.2) is 0 Å². The number of carbonyl (C=O) groups is 2. The van der Waals surface area contributed by atoms with E-state index in [2.05, 4.69) is 36.8 Å². The van der Waals surface area contributed by atoms with Gasteiger partial charge in [0.05, 0.1) is 12.3 Å². The lowest BCUT2D eigenvalue weighted by molar-refractivity contribution is -0.113. The second kappa shape index (κ2) is 10.8. The van der Waals surface area contributed by atoms with E-state index in [0.717, 1.165) is 26.9 Å². The van der Waals surface area contributed by atoms with Crippen LogP contribution in [0.15, 0.2) is 46.0 Å². The molecule has 0 radical (unpaired) electrons. The molecule has 9 heteroatoms. The molecule has 1 heterocycles. The van der Waals surface area contributed by atoms with Crippen LogP contribution in [0.3, 0.4) is 0 Å². The molecule has 168 valence electrons. The van der Waals surface area contributed by atoms with Crippen molar-refractivity contribution in [1.29, 1.82) is 0 Å². The number of benzene rings is 2. The summed E-state index contributed by atoms with van der Waals surface area (Å²) in [7, 11) is 0. The van der Waals surface area contributed by atoms with Crippen molar-refractivity contribution in [3.05, 3.63) is 68.9 Å². The summed E-state index contributed by atoms with van der Waals surface area (Å²) >= 11 is 4.82. The monoisotopic (exact) mass is 515 g/mol. The molecule has 7 nitrogen and oxygen atoms in total. The second-order valence-corrected chi connectivity index (χ2v) is 9.12. The first kappa shape index (κ1) is 24.0. The SMILES string of the molecule is CCn1c(CNC(=O)c2ccccc2C)nnc1SCC(=O)Nc1ccc(Br)c(C)c1C. The molecule has 0 atom stereocenters. The predicted octanol–water partition coefficient (Wildman–Crippen LogP) is 4.65. The second-order valence-electron chi connectivity index (χ2n) is 7.32. The Morgan fingerprint density at radius 3 is 2.53 bits per heavy atom. The highest BCUT2D eigenvalue weighted by molar-refractivity contribution is 9.10. The Morgan fingerprint density at radius 1 is 1.06 bits per heavy atom. The number of carbonyl (C=O) groups excluding carboxylic acids is 2. The van der Waals surface area contributed by atoms with E-state index in [1.165, 1.54) is 11.8 Å². The van der Waals surface area contributed by atoms with Gasteiger partial charge in [0.2, 0.25) is 5.91 Å². The Balaban J connectivity index is 1.60. The lowest BCUT2D eigenvalue weighted by atomic mass is 10.1. The molecule has 2 N–H and O–H groups in total. The van der Waals surface area contributed by atoms with Crippen LogP contribution in [0.5, 0.6) is 0 Å². The maximum absolute atomic E-state index is 12.5. The van der Waals surface area contributed by atoms with Crippen LogP contribution in [-0.4, -0.2) is 32.3 Å². The van der Waals surface area contributed by atoms with Crippen molar-refractivity contribution in [2.24, 2.45) is 0 Å². The van der Waals surface area contributed by atoms with Crippen molar-refractivity contribution < 1.29 is 9.59 Å². The quantitative estimate of drug-likeness (QED) is 0.426. The van der Waals surface area contributed by atoms with Gasteiger partial charge < -0.3 is 15.2 Å². The van der Waals surface area contributed by atoms with Crippen LogP contribution < -0.4 is 10.6 Å². The topological polar surface area (TPSA) is 88.9 Å². The number of amides is 2. The Bertz CT molecular complexity index is 1150. The third kappa shape index (κ3) is 5.58. The van der Waals surface area contributed by atoms with Crippen molar-refractivity contribution in [2.45, 2.75) is 45.9 Å². The van der Waals surface area contributed by atoms with Crippen LogP contribution in [0.2, 0.25) is 0 Å². The molecule has 0 fully saturated rings. The number of thioether (sulfide) groups is 1. The summed E-state index contributed by atoms with van der Waals surface area (Å²) in [5.41, 5.74) is 4.48. The zero-order valence-corrected chi connectivity index (χ0v) is 20.9. The van der Waals surface area contributed by atoms with Crippen molar-refractivity contribution in [2.75, 3.05) is 11.1 Å². The summed E-state index contributed by atoms with van der Waals surface area (Å²) in [5.74, 6) is 0.599. The van der Waals surface area contributed by atoms with E-state index >= 15 is 0 Å². The number of aryl methyl sites for hydroxylation is 1. The van der Waals surface area contributed by atoms with Crippen LogP contribution in [0.4, 0.5) is 5.69 Å². The maximum atomic E-state index is 12.5.